The highest BCUT2D eigenvalue weighted by Gasteiger charge is 2.03. The van der Waals surface area contributed by atoms with Crippen LogP contribution < -0.4 is 5.73 Å². The van der Waals surface area contributed by atoms with Crippen LogP contribution in [-0.4, -0.2) is 30.8 Å². The second-order valence-electron chi connectivity index (χ2n) is 2.32. The standard InChI is InChI=1S/C8H15NO3/c1-7(3-2-4-9)8(11)12-6-5-10/h3,10H,2,4-6,9H2,1H3. The van der Waals surface area contributed by atoms with Crippen molar-refractivity contribution in [2.24, 2.45) is 5.73 Å². The molecule has 0 rings (SSSR count). The molecular weight excluding hydrogens is 158 g/mol. The Hall–Kier alpha value is -0.870. The molecule has 4 nitrogen and oxygen atoms in total. The van der Waals surface area contributed by atoms with E-state index in [4.69, 9.17) is 10.8 Å². The highest BCUT2D eigenvalue weighted by atomic mass is 16.5. The minimum absolute atomic E-state index is 0.0483. The SMILES string of the molecule is CC(=CCCN)C(=O)OCCO. The van der Waals surface area contributed by atoms with Crippen LogP contribution >= 0.6 is 0 Å². The smallest absolute Gasteiger partial charge is 0.333 e. The summed E-state index contributed by atoms with van der Waals surface area (Å²) in [4.78, 5) is 11.0. The minimum atomic E-state index is -0.391. The molecule has 0 aliphatic carbocycles. The number of esters is 1. The lowest BCUT2D eigenvalue weighted by Gasteiger charge is -2.01. The van der Waals surface area contributed by atoms with Gasteiger partial charge in [-0.3, -0.25) is 0 Å². The number of carbonyl (C=O) groups is 1. The summed E-state index contributed by atoms with van der Waals surface area (Å²) in [6.07, 6.45) is 2.39. The van der Waals surface area contributed by atoms with Gasteiger partial charge in [-0.05, 0) is 19.9 Å². The third kappa shape index (κ3) is 4.87. The van der Waals surface area contributed by atoms with Crippen molar-refractivity contribution in [3.8, 4) is 0 Å². The summed E-state index contributed by atoms with van der Waals surface area (Å²) in [6, 6.07) is 0. The Morgan fingerprint density at radius 1 is 1.67 bits per heavy atom. The lowest BCUT2D eigenvalue weighted by molar-refractivity contribution is -0.139. The van der Waals surface area contributed by atoms with E-state index in [1.807, 2.05) is 0 Å². The van der Waals surface area contributed by atoms with Crippen LogP contribution in [0.3, 0.4) is 0 Å². The third-order valence-electron chi connectivity index (χ3n) is 1.26. The van der Waals surface area contributed by atoms with Crippen molar-refractivity contribution in [1.82, 2.24) is 0 Å². The predicted octanol–water partition coefficient (Wildman–Crippen LogP) is -0.183. The molecule has 3 N–H and O–H groups in total. The van der Waals surface area contributed by atoms with E-state index in [0.29, 0.717) is 18.5 Å². The van der Waals surface area contributed by atoms with Crippen molar-refractivity contribution in [3.63, 3.8) is 0 Å². The minimum Gasteiger partial charge on any atom is -0.460 e. The molecule has 0 radical (unpaired) electrons. The van der Waals surface area contributed by atoms with Crippen molar-refractivity contribution in [3.05, 3.63) is 11.6 Å². The third-order valence-corrected chi connectivity index (χ3v) is 1.26. The van der Waals surface area contributed by atoms with Gasteiger partial charge in [0.05, 0.1) is 6.61 Å². The van der Waals surface area contributed by atoms with Gasteiger partial charge in [0.25, 0.3) is 0 Å². The first-order valence-electron chi connectivity index (χ1n) is 3.87. The molecule has 0 saturated carbocycles. The summed E-state index contributed by atoms with van der Waals surface area (Å²) < 4.78 is 4.65. The molecule has 0 amide bonds. The Bertz CT molecular complexity index is 166. The summed E-state index contributed by atoms with van der Waals surface area (Å²) in [7, 11) is 0. The highest BCUT2D eigenvalue weighted by molar-refractivity contribution is 5.87. The van der Waals surface area contributed by atoms with Crippen molar-refractivity contribution in [2.75, 3.05) is 19.8 Å². The van der Waals surface area contributed by atoms with Gasteiger partial charge in [0.15, 0.2) is 0 Å². The summed E-state index contributed by atoms with van der Waals surface area (Å²) >= 11 is 0. The van der Waals surface area contributed by atoms with Gasteiger partial charge in [-0.2, -0.15) is 0 Å². The summed E-state index contributed by atoms with van der Waals surface area (Å²) in [5.41, 5.74) is 5.78. The van der Waals surface area contributed by atoms with Gasteiger partial charge >= 0.3 is 5.97 Å². The first-order chi connectivity index (χ1) is 5.72. The van der Waals surface area contributed by atoms with Crippen LogP contribution in [0.1, 0.15) is 13.3 Å². The number of carbonyl (C=O) groups excluding carboxylic acids is 1. The first-order valence-corrected chi connectivity index (χ1v) is 3.87. The number of nitrogens with two attached hydrogens (primary N) is 1. The van der Waals surface area contributed by atoms with E-state index < -0.39 is 5.97 Å². The first kappa shape index (κ1) is 11.1. The van der Waals surface area contributed by atoms with Gasteiger partial charge in [-0.15, -0.1) is 0 Å². The largest absolute Gasteiger partial charge is 0.460 e. The molecule has 0 aliphatic rings. The Morgan fingerprint density at radius 2 is 2.33 bits per heavy atom. The van der Waals surface area contributed by atoms with Gasteiger partial charge in [-0.1, -0.05) is 6.08 Å². The van der Waals surface area contributed by atoms with Crippen molar-refractivity contribution >= 4 is 5.97 Å². The van der Waals surface area contributed by atoms with E-state index in [1.54, 1.807) is 13.0 Å². The fourth-order valence-corrected chi connectivity index (χ4v) is 0.635. The number of aliphatic hydroxyl groups excluding tert-OH is 1. The van der Waals surface area contributed by atoms with E-state index >= 15 is 0 Å². The predicted molar refractivity (Wildman–Crippen MR) is 45.5 cm³/mol. The number of hydrogen-bond acceptors (Lipinski definition) is 4. The number of hydrogen-bond donors (Lipinski definition) is 2. The second-order valence-corrected chi connectivity index (χ2v) is 2.32. The molecular formula is C8H15NO3. The lowest BCUT2D eigenvalue weighted by atomic mass is 10.2. The fourth-order valence-electron chi connectivity index (χ4n) is 0.635. The van der Waals surface area contributed by atoms with E-state index in [0.717, 1.165) is 0 Å². The maximum Gasteiger partial charge on any atom is 0.333 e. The normalized spacial score (nSPS) is 11.4. The van der Waals surface area contributed by atoms with E-state index in [2.05, 4.69) is 4.74 Å². The molecule has 0 unspecified atom stereocenters. The zero-order valence-corrected chi connectivity index (χ0v) is 7.25. The van der Waals surface area contributed by atoms with Crippen molar-refractivity contribution < 1.29 is 14.6 Å². The van der Waals surface area contributed by atoms with E-state index in [9.17, 15) is 4.79 Å². The Morgan fingerprint density at radius 3 is 2.83 bits per heavy atom. The zero-order chi connectivity index (χ0) is 9.40. The van der Waals surface area contributed by atoms with Crippen LogP contribution in [0.5, 0.6) is 0 Å². The second kappa shape index (κ2) is 6.82. The zero-order valence-electron chi connectivity index (χ0n) is 7.25. The molecule has 4 heteroatoms. The molecule has 0 spiro atoms. The van der Waals surface area contributed by atoms with Gasteiger partial charge in [0.1, 0.15) is 6.61 Å². The monoisotopic (exact) mass is 173 g/mol. The average molecular weight is 173 g/mol. The number of rotatable bonds is 5. The molecule has 0 fully saturated rings. The molecule has 0 heterocycles. The molecule has 0 aliphatic heterocycles. The Labute approximate surface area is 72.0 Å². The summed E-state index contributed by atoms with van der Waals surface area (Å²) in [5, 5.41) is 8.36. The van der Waals surface area contributed by atoms with Crippen LogP contribution in [0.25, 0.3) is 0 Å². The molecule has 12 heavy (non-hydrogen) atoms. The molecule has 0 bridgehead atoms. The molecule has 0 saturated heterocycles. The lowest BCUT2D eigenvalue weighted by Crippen LogP contribution is -2.09. The van der Waals surface area contributed by atoms with Crippen LogP contribution in [0.15, 0.2) is 11.6 Å². The van der Waals surface area contributed by atoms with Crippen LogP contribution in [0, 0.1) is 0 Å². The molecule has 0 aromatic rings. The molecule has 0 aromatic heterocycles. The van der Waals surface area contributed by atoms with Gasteiger partial charge in [-0.25, -0.2) is 4.79 Å². The maximum absolute atomic E-state index is 11.0. The molecule has 0 atom stereocenters. The quantitative estimate of drug-likeness (QED) is 0.446. The van der Waals surface area contributed by atoms with E-state index in [-0.39, 0.29) is 13.2 Å². The van der Waals surface area contributed by atoms with Crippen molar-refractivity contribution in [1.29, 1.82) is 0 Å². The van der Waals surface area contributed by atoms with E-state index in [1.165, 1.54) is 0 Å². The van der Waals surface area contributed by atoms with Gasteiger partial charge in [0.2, 0.25) is 0 Å². The fraction of sp³-hybridized carbons (Fsp3) is 0.625. The van der Waals surface area contributed by atoms with Crippen molar-refractivity contribution in [2.45, 2.75) is 13.3 Å². The summed E-state index contributed by atoms with van der Waals surface area (Å²) in [6.45, 7) is 2.09. The highest BCUT2D eigenvalue weighted by Crippen LogP contribution is 1.97. The molecule has 70 valence electrons. The van der Waals surface area contributed by atoms with Crippen LogP contribution in [-0.2, 0) is 9.53 Å². The van der Waals surface area contributed by atoms with Crippen LogP contribution in [0.4, 0.5) is 0 Å². The summed E-state index contributed by atoms with van der Waals surface area (Å²) in [5.74, 6) is -0.391. The number of ether oxygens (including phenoxy) is 1. The topological polar surface area (TPSA) is 72.6 Å². The van der Waals surface area contributed by atoms with Crippen LogP contribution in [0.2, 0.25) is 0 Å². The average Bonchev–Trinajstić information content (AvgIpc) is 2.10. The number of aliphatic hydroxyl groups is 1. The van der Waals surface area contributed by atoms with Gasteiger partial charge < -0.3 is 15.6 Å². The van der Waals surface area contributed by atoms with Gasteiger partial charge in [0, 0.05) is 5.57 Å². The Kier molecular flexibility index (Phi) is 6.32. The maximum atomic E-state index is 11.0. The Balaban J connectivity index is 3.75. The molecule has 0 aromatic carbocycles.